The Bertz CT molecular complexity index is 502. The van der Waals surface area contributed by atoms with Crippen LogP contribution < -0.4 is 10.2 Å². The molecule has 2 N–H and O–H groups in total. The van der Waals surface area contributed by atoms with E-state index in [1.54, 1.807) is 26.1 Å². The Morgan fingerprint density at radius 1 is 1.55 bits per heavy atom. The number of carbonyl (C=O) groups is 1. The highest BCUT2D eigenvalue weighted by Gasteiger charge is 2.20. The predicted molar refractivity (Wildman–Crippen MR) is 75.7 cm³/mol. The van der Waals surface area contributed by atoms with Crippen molar-refractivity contribution in [1.82, 2.24) is 5.32 Å². The number of amides is 1. The second-order valence-corrected chi connectivity index (χ2v) is 4.49. The number of rotatable bonds is 6. The number of nitro benzene ring substituents is 1. The van der Waals surface area contributed by atoms with Gasteiger partial charge in [-0.15, -0.1) is 0 Å². The summed E-state index contributed by atoms with van der Waals surface area (Å²) in [6.45, 7) is 3.88. The molecule has 1 aromatic rings. The molecular formula is C13H19N3O4. The van der Waals surface area contributed by atoms with Crippen molar-refractivity contribution in [1.29, 1.82) is 0 Å². The summed E-state index contributed by atoms with van der Waals surface area (Å²) in [5.74, 6) is -0.205. The highest BCUT2D eigenvalue weighted by atomic mass is 16.6. The minimum atomic E-state index is -0.781. The largest absolute Gasteiger partial charge is 0.389 e. The number of nitrogens with zero attached hydrogens (tertiary/aromatic N) is 2. The van der Waals surface area contributed by atoms with Gasteiger partial charge in [0.05, 0.1) is 17.6 Å². The van der Waals surface area contributed by atoms with E-state index in [4.69, 9.17) is 0 Å². The number of hydrogen-bond acceptors (Lipinski definition) is 5. The van der Waals surface area contributed by atoms with E-state index in [2.05, 4.69) is 5.32 Å². The van der Waals surface area contributed by atoms with Crippen LogP contribution in [0.15, 0.2) is 18.2 Å². The fraction of sp³-hybridized carbons (Fsp3) is 0.462. The van der Waals surface area contributed by atoms with Crippen LogP contribution in [0.1, 0.15) is 25.5 Å². The molecule has 7 nitrogen and oxygen atoms in total. The Labute approximate surface area is 117 Å². The third-order valence-electron chi connectivity index (χ3n) is 2.84. The molecule has 0 bridgehead atoms. The van der Waals surface area contributed by atoms with Gasteiger partial charge in [-0.2, -0.15) is 0 Å². The fourth-order valence-corrected chi connectivity index (χ4v) is 1.82. The lowest BCUT2D eigenvalue weighted by Crippen LogP contribution is -2.35. The summed E-state index contributed by atoms with van der Waals surface area (Å²) >= 11 is 0. The lowest BCUT2D eigenvalue weighted by Gasteiger charge is -2.19. The number of carbonyl (C=O) groups excluding carboxylic acids is 1. The predicted octanol–water partition coefficient (Wildman–Crippen LogP) is 1.22. The van der Waals surface area contributed by atoms with Crippen LogP contribution in [-0.2, 0) is 4.79 Å². The molecule has 0 radical (unpaired) electrons. The summed E-state index contributed by atoms with van der Waals surface area (Å²) in [6.07, 6.45) is -0.781. The van der Waals surface area contributed by atoms with Gasteiger partial charge in [0.1, 0.15) is 5.69 Å². The van der Waals surface area contributed by atoms with Crippen molar-refractivity contribution in [3.63, 3.8) is 0 Å². The molecule has 0 aliphatic heterocycles. The van der Waals surface area contributed by atoms with Gasteiger partial charge in [0, 0.05) is 19.7 Å². The zero-order valence-electron chi connectivity index (χ0n) is 11.8. The minimum Gasteiger partial charge on any atom is -0.389 e. The molecule has 0 spiro atoms. The Morgan fingerprint density at radius 3 is 2.70 bits per heavy atom. The summed E-state index contributed by atoms with van der Waals surface area (Å²) in [7, 11) is 1.61. The van der Waals surface area contributed by atoms with Gasteiger partial charge in [-0.3, -0.25) is 14.9 Å². The monoisotopic (exact) mass is 281 g/mol. The number of anilines is 1. The Kier molecular flexibility index (Phi) is 5.45. The summed E-state index contributed by atoms with van der Waals surface area (Å²) < 4.78 is 0. The maximum atomic E-state index is 11.5. The van der Waals surface area contributed by atoms with E-state index in [0.29, 0.717) is 17.8 Å². The van der Waals surface area contributed by atoms with Crippen molar-refractivity contribution >= 4 is 17.3 Å². The molecule has 1 atom stereocenters. The van der Waals surface area contributed by atoms with Crippen molar-refractivity contribution in [2.45, 2.75) is 20.0 Å². The van der Waals surface area contributed by atoms with Gasteiger partial charge < -0.3 is 15.3 Å². The molecular weight excluding hydrogens is 262 g/mol. The molecule has 20 heavy (non-hydrogen) atoms. The summed E-state index contributed by atoms with van der Waals surface area (Å²) in [5.41, 5.74) is 0.674. The Balaban J connectivity index is 3.04. The summed E-state index contributed by atoms with van der Waals surface area (Å²) in [5, 5.41) is 23.2. The van der Waals surface area contributed by atoms with Gasteiger partial charge in [-0.05, 0) is 25.5 Å². The molecule has 0 aliphatic carbocycles. The molecule has 1 rings (SSSR count). The second kappa shape index (κ2) is 6.85. The van der Waals surface area contributed by atoms with E-state index in [1.807, 2.05) is 0 Å². The molecule has 0 saturated carbocycles. The first kappa shape index (κ1) is 15.9. The molecule has 1 aromatic carbocycles. The van der Waals surface area contributed by atoms with E-state index in [1.165, 1.54) is 17.9 Å². The zero-order chi connectivity index (χ0) is 15.3. The molecule has 0 aliphatic rings. The second-order valence-electron chi connectivity index (χ2n) is 4.49. The van der Waals surface area contributed by atoms with Crippen LogP contribution in [0, 0.1) is 10.1 Å². The van der Waals surface area contributed by atoms with Gasteiger partial charge in [0.15, 0.2) is 0 Å². The Hall–Kier alpha value is -2.15. The average molecular weight is 281 g/mol. The van der Waals surface area contributed by atoms with E-state index in [9.17, 15) is 20.0 Å². The summed E-state index contributed by atoms with van der Waals surface area (Å²) in [4.78, 5) is 23.6. The normalized spacial score (nSPS) is 11.8. The number of nitrogens with one attached hydrogen (secondary N) is 1. The van der Waals surface area contributed by atoms with Gasteiger partial charge in [-0.1, -0.05) is 6.07 Å². The highest BCUT2D eigenvalue weighted by Crippen LogP contribution is 2.30. The molecule has 7 heteroatoms. The van der Waals surface area contributed by atoms with Crippen molar-refractivity contribution in [2.75, 3.05) is 25.0 Å². The standard InChI is InChI=1S/C13H19N3O4/c1-4-14-13(18)8-15(3)11-6-5-10(9(2)17)7-12(11)16(19)20/h5-7,9,17H,4,8H2,1-3H3,(H,14,18)/t9-/m0/s1. The summed E-state index contributed by atoms with van der Waals surface area (Å²) in [6, 6.07) is 4.48. The SMILES string of the molecule is CCNC(=O)CN(C)c1ccc([C@H](C)O)cc1[N+](=O)[O-]. The molecule has 0 fully saturated rings. The first-order valence-corrected chi connectivity index (χ1v) is 6.31. The van der Waals surface area contributed by atoms with Crippen LogP contribution in [0.25, 0.3) is 0 Å². The van der Waals surface area contributed by atoms with E-state index < -0.39 is 11.0 Å². The van der Waals surface area contributed by atoms with Crippen molar-refractivity contribution in [3.05, 3.63) is 33.9 Å². The number of likely N-dealkylation sites (N-methyl/N-ethyl adjacent to an activating group) is 2. The van der Waals surface area contributed by atoms with Crippen molar-refractivity contribution < 1.29 is 14.8 Å². The van der Waals surface area contributed by atoms with Crippen LogP contribution in [0.2, 0.25) is 0 Å². The molecule has 0 unspecified atom stereocenters. The van der Waals surface area contributed by atoms with Crippen molar-refractivity contribution in [3.8, 4) is 0 Å². The fourth-order valence-electron chi connectivity index (χ4n) is 1.82. The smallest absolute Gasteiger partial charge is 0.292 e. The van der Waals surface area contributed by atoms with Crippen molar-refractivity contribution in [2.24, 2.45) is 0 Å². The van der Waals surface area contributed by atoms with E-state index in [0.717, 1.165) is 0 Å². The first-order valence-electron chi connectivity index (χ1n) is 6.31. The van der Waals surface area contributed by atoms with Gasteiger partial charge in [-0.25, -0.2) is 0 Å². The number of hydrogen-bond donors (Lipinski definition) is 2. The van der Waals surface area contributed by atoms with Gasteiger partial charge >= 0.3 is 0 Å². The number of nitro groups is 1. The number of aliphatic hydroxyl groups is 1. The minimum absolute atomic E-state index is 0.0305. The van der Waals surface area contributed by atoms with Crippen LogP contribution in [0.4, 0.5) is 11.4 Å². The van der Waals surface area contributed by atoms with Crippen LogP contribution in [0.3, 0.4) is 0 Å². The van der Waals surface area contributed by atoms with Gasteiger partial charge in [0.25, 0.3) is 5.69 Å². The van der Waals surface area contributed by atoms with Crippen LogP contribution >= 0.6 is 0 Å². The highest BCUT2D eigenvalue weighted by molar-refractivity contribution is 5.82. The van der Waals surface area contributed by atoms with Crippen LogP contribution in [0.5, 0.6) is 0 Å². The quantitative estimate of drug-likeness (QED) is 0.603. The molecule has 0 aromatic heterocycles. The van der Waals surface area contributed by atoms with Gasteiger partial charge in [0.2, 0.25) is 5.91 Å². The van der Waals surface area contributed by atoms with Crippen LogP contribution in [-0.4, -0.2) is 36.1 Å². The third kappa shape index (κ3) is 3.92. The number of aliphatic hydroxyl groups excluding tert-OH is 1. The maximum Gasteiger partial charge on any atom is 0.292 e. The van der Waals surface area contributed by atoms with E-state index in [-0.39, 0.29) is 18.1 Å². The maximum absolute atomic E-state index is 11.5. The lowest BCUT2D eigenvalue weighted by atomic mass is 10.1. The Morgan fingerprint density at radius 2 is 2.20 bits per heavy atom. The topological polar surface area (TPSA) is 95.7 Å². The lowest BCUT2D eigenvalue weighted by molar-refractivity contribution is -0.384. The third-order valence-corrected chi connectivity index (χ3v) is 2.84. The molecule has 0 saturated heterocycles. The molecule has 110 valence electrons. The zero-order valence-corrected chi connectivity index (χ0v) is 11.8. The molecule has 0 heterocycles. The first-order chi connectivity index (χ1) is 9.36. The average Bonchev–Trinajstić information content (AvgIpc) is 2.37. The van der Waals surface area contributed by atoms with E-state index >= 15 is 0 Å². The number of benzene rings is 1. The molecule has 1 amide bonds.